The third-order valence-corrected chi connectivity index (χ3v) is 4.50. The van der Waals surface area contributed by atoms with Crippen molar-refractivity contribution in [1.29, 1.82) is 0 Å². The number of nitrogens with one attached hydrogen (secondary N) is 1. The predicted octanol–water partition coefficient (Wildman–Crippen LogP) is 4.40. The van der Waals surface area contributed by atoms with Gasteiger partial charge in [-0.3, -0.25) is 19.7 Å². The zero-order valence-corrected chi connectivity index (χ0v) is 17.3. The number of hydrogen-bond donors (Lipinski definition) is 1. The molecule has 0 aromatic heterocycles. The summed E-state index contributed by atoms with van der Waals surface area (Å²) < 4.78 is 4.95. The molecule has 0 unspecified atom stereocenters. The highest BCUT2D eigenvalue weighted by Gasteiger charge is 2.23. The maximum atomic E-state index is 12.9. The van der Waals surface area contributed by atoms with Gasteiger partial charge in [0.2, 0.25) is 5.91 Å². The van der Waals surface area contributed by atoms with E-state index in [9.17, 15) is 19.7 Å². The van der Waals surface area contributed by atoms with E-state index in [0.717, 1.165) is 6.07 Å². The highest BCUT2D eigenvalue weighted by Crippen LogP contribution is 2.28. The molecule has 2 aromatic carbocycles. The summed E-state index contributed by atoms with van der Waals surface area (Å²) in [6, 6.07) is 8.54. The van der Waals surface area contributed by atoms with Crippen LogP contribution in [0.5, 0.6) is 5.75 Å². The number of nitro groups is 1. The van der Waals surface area contributed by atoms with Crippen molar-refractivity contribution in [3.63, 3.8) is 0 Å². The smallest absolute Gasteiger partial charge is 0.311 e. The van der Waals surface area contributed by atoms with Crippen LogP contribution >= 0.6 is 23.2 Å². The molecule has 0 spiro atoms. The van der Waals surface area contributed by atoms with Crippen LogP contribution in [0.15, 0.2) is 36.4 Å². The van der Waals surface area contributed by atoms with Crippen LogP contribution in [0.4, 0.5) is 11.4 Å². The average molecular weight is 440 g/mol. The summed E-state index contributed by atoms with van der Waals surface area (Å²) in [7, 11) is 1.30. The first-order valence-electron chi connectivity index (χ1n) is 8.63. The normalized spacial score (nSPS) is 10.3. The Balaban J connectivity index is 2.21. The molecule has 0 saturated heterocycles. The highest BCUT2D eigenvalue weighted by molar-refractivity contribution is 6.35. The zero-order chi connectivity index (χ0) is 21.6. The van der Waals surface area contributed by atoms with Crippen LogP contribution in [-0.4, -0.2) is 41.8 Å². The van der Waals surface area contributed by atoms with Gasteiger partial charge in [-0.15, -0.1) is 0 Å². The Kier molecular flexibility index (Phi) is 7.81. The fourth-order valence-electron chi connectivity index (χ4n) is 2.63. The molecule has 10 heteroatoms. The minimum Gasteiger partial charge on any atom is -0.490 e. The fourth-order valence-corrected chi connectivity index (χ4v) is 2.96. The molecule has 0 aliphatic carbocycles. The first-order chi connectivity index (χ1) is 13.8. The number of hydrogen-bond acceptors (Lipinski definition) is 5. The van der Waals surface area contributed by atoms with E-state index in [2.05, 4.69) is 5.32 Å². The molecule has 0 heterocycles. The molecule has 0 fully saturated rings. The van der Waals surface area contributed by atoms with E-state index in [0.29, 0.717) is 22.2 Å². The predicted molar refractivity (Wildman–Crippen MR) is 111 cm³/mol. The summed E-state index contributed by atoms with van der Waals surface area (Å²) in [6.45, 7) is 1.88. The number of halogens is 2. The van der Waals surface area contributed by atoms with Crippen molar-refractivity contribution < 1.29 is 19.2 Å². The Morgan fingerprint density at radius 3 is 2.55 bits per heavy atom. The first-order valence-corrected chi connectivity index (χ1v) is 9.39. The van der Waals surface area contributed by atoms with E-state index in [1.807, 2.05) is 6.92 Å². The monoisotopic (exact) mass is 439 g/mol. The van der Waals surface area contributed by atoms with Gasteiger partial charge in [-0.2, -0.15) is 0 Å². The summed E-state index contributed by atoms with van der Waals surface area (Å²) >= 11 is 12.0. The van der Waals surface area contributed by atoms with Crippen molar-refractivity contribution >= 4 is 46.4 Å². The Bertz CT molecular complexity index is 936. The second-order valence-corrected chi connectivity index (χ2v) is 6.89. The van der Waals surface area contributed by atoms with Crippen LogP contribution in [0, 0.1) is 10.1 Å². The summed E-state index contributed by atoms with van der Waals surface area (Å²) in [5.74, 6) is -0.939. The Morgan fingerprint density at radius 1 is 1.21 bits per heavy atom. The van der Waals surface area contributed by atoms with E-state index in [1.165, 1.54) is 30.2 Å². The van der Waals surface area contributed by atoms with Gasteiger partial charge in [-0.1, -0.05) is 30.1 Å². The second kappa shape index (κ2) is 10.1. The lowest BCUT2D eigenvalue weighted by Gasteiger charge is -2.22. The summed E-state index contributed by atoms with van der Waals surface area (Å²) in [5.41, 5.74) is 0.0812. The fraction of sp³-hybridized carbons (Fsp3) is 0.263. The number of anilines is 1. The molecule has 0 saturated carbocycles. The molecule has 154 valence electrons. The van der Waals surface area contributed by atoms with Crippen molar-refractivity contribution in [1.82, 2.24) is 4.90 Å². The van der Waals surface area contributed by atoms with Crippen molar-refractivity contribution in [2.24, 2.45) is 0 Å². The van der Waals surface area contributed by atoms with Crippen LogP contribution in [0.3, 0.4) is 0 Å². The summed E-state index contributed by atoms with van der Waals surface area (Å²) in [4.78, 5) is 37.2. The lowest BCUT2D eigenvalue weighted by Crippen LogP contribution is -2.38. The molecule has 2 rings (SSSR count). The summed E-state index contributed by atoms with van der Waals surface area (Å²) in [5, 5.41) is 14.5. The number of nitro benzene ring substituents is 1. The average Bonchev–Trinajstić information content (AvgIpc) is 2.69. The maximum Gasteiger partial charge on any atom is 0.311 e. The number of ether oxygens (including phenoxy) is 1. The second-order valence-electron chi connectivity index (χ2n) is 6.04. The van der Waals surface area contributed by atoms with E-state index < -0.39 is 16.7 Å². The number of benzene rings is 2. The van der Waals surface area contributed by atoms with Gasteiger partial charge >= 0.3 is 5.69 Å². The van der Waals surface area contributed by atoms with Crippen LogP contribution < -0.4 is 10.1 Å². The minimum absolute atomic E-state index is 0.0435. The number of nitrogens with zero attached hydrogens (tertiary/aromatic N) is 2. The van der Waals surface area contributed by atoms with Gasteiger partial charge in [0.25, 0.3) is 5.91 Å². The molecule has 8 nitrogen and oxygen atoms in total. The zero-order valence-electron chi connectivity index (χ0n) is 15.8. The number of carbonyl (C=O) groups is 2. The third-order valence-electron chi connectivity index (χ3n) is 3.94. The van der Waals surface area contributed by atoms with Crippen molar-refractivity contribution in [2.75, 3.05) is 25.5 Å². The van der Waals surface area contributed by atoms with Gasteiger partial charge in [0.05, 0.1) is 22.7 Å². The largest absolute Gasteiger partial charge is 0.490 e. The molecular weight excluding hydrogens is 421 g/mol. The quantitative estimate of drug-likeness (QED) is 0.484. The lowest BCUT2D eigenvalue weighted by molar-refractivity contribution is -0.385. The van der Waals surface area contributed by atoms with Crippen LogP contribution in [0.2, 0.25) is 10.0 Å². The van der Waals surface area contributed by atoms with E-state index >= 15 is 0 Å². The third kappa shape index (κ3) is 5.82. The van der Waals surface area contributed by atoms with Crippen molar-refractivity contribution in [3.05, 3.63) is 62.1 Å². The highest BCUT2D eigenvalue weighted by atomic mass is 35.5. The first kappa shape index (κ1) is 22.4. The van der Waals surface area contributed by atoms with E-state index in [4.69, 9.17) is 27.9 Å². The van der Waals surface area contributed by atoms with Gasteiger partial charge in [0.1, 0.15) is 6.54 Å². The maximum absolute atomic E-state index is 12.9. The minimum atomic E-state index is -0.631. The van der Waals surface area contributed by atoms with Gasteiger partial charge in [-0.05, 0) is 36.8 Å². The molecule has 2 amide bonds. The number of carbonyl (C=O) groups excluding carboxylic acids is 2. The van der Waals surface area contributed by atoms with E-state index in [1.54, 1.807) is 12.1 Å². The van der Waals surface area contributed by atoms with Crippen LogP contribution in [0.1, 0.15) is 23.7 Å². The van der Waals surface area contributed by atoms with Crippen molar-refractivity contribution in [3.8, 4) is 5.75 Å². The van der Waals surface area contributed by atoms with Crippen molar-refractivity contribution in [2.45, 2.75) is 13.3 Å². The standard InChI is InChI=1S/C19H19Cl2N3O5/c1-3-8-23(11-18(25)22-15-10-13(20)5-6-14(15)21)19(26)12-4-7-17(29-2)16(9-12)24(27)28/h4-7,9-10H,3,8,11H2,1-2H3,(H,22,25). The molecule has 0 aliphatic rings. The van der Waals surface area contributed by atoms with Gasteiger partial charge in [0.15, 0.2) is 5.75 Å². The van der Waals surface area contributed by atoms with Gasteiger partial charge < -0.3 is 15.0 Å². The lowest BCUT2D eigenvalue weighted by atomic mass is 10.1. The molecule has 2 aromatic rings. The number of amides is 2. The Labute approximate surface area is 177 Å². The molecule has 0 bridgehead atoms. The summed E-state index contributed by atoms with van der Waals surface area (Å²) in [6.07, 6.45) is 0.592. The van der Waals surface area contributed by atoms with E-state index in [-0.39, 0.29) is 30.1 Å². The molecule has 0 atom stereocenters. The molecule has 0 aliphatic heterocycles. The van der Waals surface area contributed by atoms with Crippen LogP contribution in [0.25, 0.3) is 0 Å². The van der Waals surface area contributed by atoms with Gasteiger partial charge in [-0.25, -0.2) is 0 Å². The molecule has 29 heavy (non-hydrogen) atoms. The Hall–Kier alpha value is -2.84. The molecule has 0 radical (unpaired) electrons. The number of methoxy groups -OCH3 is 1. The number of rotatable bonds is 8. The SMILES string of the molecule is CCCN(CC(=O)Nc1cc(Cl)ccc1Cl)C(=O)c1ccc(OC)c([N+](=O)[O-])c1. The molecule has 1 N–H and O–H groups in total. The Morgan fingerprint density at radius 2 is 1.93 bits per heavy atom. The molecular formula is C19H19Cl2N3O5. The van der Waals surface area contributed by atoms with Crippen LogP contribution in [-0.2, 0) is 4.79 Å². The van der Waals surface area contributed by atoms with Gasteiger partial charge in [0, 0.05) is 23.2 Å². The topological polar surface area (TPSA) is 102 Å².